The van der Waals surface area contributed by atoms with Gasteiger partial charge in [0.1, 0.15) is 0 Å². The Morgan fingerprint density at radius 3 is 3.05 bits per heavy atom. The molecule has 2 aromatic rings. The second-order valence-electron chi connectivity index (χ2n) is 5.98. The van der Waals surface area contributed by atoms with Crippen LogP contribution in [0.15, 0.2) is 22.9 Å². The van der Waals surface area contributed by atoms with E-state index in [1.54, 1.807) is 6.20 Å². The van der Waals surface area contributed by atoms with Gasteiger partial charge in [-0.3, -0.25) is 4.90 Å². The molecule has 6 heteroatoms. The monoisotopic (exact) mass is 285 g/mol. The average molecular weight is 285 g/mol. The van der Waals surface area contributed by atoms with Crippen LogP contribution in [-0.2, 0) is 19.4 Å². The Bertz CT molecular complexity index is 621. The maximum Gasteiger partial charge on any atom is 0.151 e. The number of aryl methyl sites for hydroxylation is 2. The largest absolute Gasteiger partial charge is 0.360 e. The van der Waals surface area contributed by atoms with Gasteiger partial charge in [0, 0.05) is 25.2 Å². The van der Waals surface area contributed by atoms with Gasteiger partial charge in [-0.05, 0) is 37.9 Å². The van der Waals surface area contributed by atoms with Crippen molar-refractivity contribution in [2.24, 2.45) is 0 Å². The van der Waals surface area contributed by atoms with E-state index in [2.05, 4.69) is 38.3 Å². The third-order valence-electron chi connectivity index (χ3n) is 4.51. The van der Waals surface area contributed by atoms with E-state index in [4.69, 9.17) is 4.52 Å². The molecule has 3 heterocycles. The number of hydrogen-bond acceptors (Lipinski definition) is 6. The summed E-state index contributed by atoms with van der Waals surface area (Å²) in [5.41, 5.74) is 2.58. The molecule has 0 atom stereocenters. The highest BCUT2D eigenvalue weighted by molar-refractivity contribution is 5.45. The van der Waals surface area contributed by atoms with E-state index < -0.39 is 0 Å². The third kappa shape index (κ3) is 2.40. The van der Waals surface area contributed by atoms with Crippen LogP contribution in [0.4, 0.5) is 5.82 Å². The normalized spacial score (nSPS) is 18.1. The number of likely N-dealkylation sites (N-methyl/N-ethyl adjacent to an activating group) is 1. The molecule has 0 radical (unpaired) electrons. The van der Waals surface area contributed by atoms with Gasteiger partial charge in [-0.25, -0.2) is 0 Å². The van der Waals surface area contributed by atoms with E-state index in [0.29, 0.717) is 6.04 Å². The third-order valence-corrected chi connectivity index (χ3v) is 4.51. The van der Waals surface area contributed by atoms with Gasteiger partial charge in [0.2, 0.25) is 0 Å². The van der Waals surface area contributed by atoms with Crippen LogP contribution in [0, 0.1) is 0 Å². The first-order valence-electron chi connectivity index (χ1n) is 7.50. The van der Waals surface area contributed by atoms with Crippen molar-refractivity contribution in [1.29, 1.82) is 0 Å². The summed E-state index contributed by atoms with van der Waals surface area (Å²) >= 11 is 0. The molecule has 2 aromatic heterocycles. The fraction of sp³-hybridized carbons (Fsp3) is 0.533. The van der Waals surface area contributed by atoms with E-state index >= 15 is 0 Å². The number of hydrogen-bond donors (Lipinski definition) is 0. The summed E-state index contributed by atoms with van der Waals surface area (Å²) in [6, 6.07) is 4.67. The number of nitrogens with zero attached hydrogens (tertiary/aromatic N) is 5. The predicted octanol–water partition coefficient (Wildman–Crippen LogP) is 1.27. The lowest BCUT2D eigenvalue weighted by molar-refractivity contribution is 0.177. The molecule has 4 rings (SSSR count). The molecule has 6 nitrogen and oxygen atoms in total. The summed E-state index contributed by atoms with van der Waals surface area (Å²) in [4.78, 5) is 4.60. The zero-order valence-corrected chi connectivity index (χ0v) is 12.2. The highest BCUT2D eigenvalue weighted by Gasteiger charge is 2.32. The van der Waals surface area contributed by atoms with Crippen LogP contribution in [0.25, 0.3) is 0 Å². The smallest absolute Gasteiger partial charge is 0.151 e. The van der Waals surface area contributed by atoms with Crippen molar-refractivity contribution in [2.75, 3.05) is 25.0 Å². The van der Waals surface area contributed by atoms with Crippen molar-refractivity contribution in [3.8, 4) is 0 Å². The topological polar surface area (TPSA) is 58.3 Å². The van der Waals surface area contributed by atoms with Gasteiger partial charge in [-0.1, -0.05) is 5.16 Å². The van der Waals surface area contributed by atoms with E-state index in [-0.39, 0.29) is 0 Å². The van der Waals surface area contributed by atoms with Crippen molar-refractivity contribution in [2.45, 2.75) is 31.8 Å². The Kier molecular flexibility index (Phi) is 3.11. The van der Waals surface area contributed by atoms with Crippen LogP contribution in [0.3, 0.4) is 0 Å². The molecule has 0 spiro atoms. The molecule has 21 heavy (non-hydrogen) atoms. The molecular weight excluding hydrogens is 266 g/mol. The molecule has 0 bridgehead atoms. The van der Waals surface area contributed by atoms with Crippen molar-refractivity contribution >= 4 is 5.82 Å². The van der Waals surface area contributed by atoms with E-state index in [1.807, 2.05) is 6.07 Å². The second-order valence-corrected chi connectivity index (χ2v) is 5.98. The first-order valence-corrected chi connectivity index (χ1v) is 7.50. The SMILES string of the molecule is CN(Cc1ccno1)C1CN(c2cc3c(nn2)CCC3)C1. The van der Waals surface area contributed by atoms with Crippen molar-refractivity contribution < 1.29 is 4.52 Å². The number of rotatable bonds is 4. The summed E-state index contributed by atoms with van der Waals surface area (Å²) in [6.07, 6.45) is 5.15. The predicted molar refractivity (Wildman–Crippen MR) is 78.0 cm³/mol. The van der Waals surface area contributed by atoms with E-state index in [1.165, 1.54) is 17.7 Å². The second kappa shape index (κ2) is 5.11. The molecule has 1 aliphatic carbocycles. The van der Waals surface area contributed by atoms with Crippen LogP contribution < -0.4 is 4.90 Å². The Morgan fingerprint density at radius 1 is 1.33 bits per heavy atom. The zero-order chi connectivity index (χ0) is 14.2. The van der Waals surface area contributed by atoms with Crippen LogP contribution in [-0.4, -0.2) is 46.4 Å². The van der Waals surface area contributed by atoms with Crippen LogP contribution in [0.2, 0.25) is 0 Å². The lowest BCUT2D eigenvalue weighted by atomic mass is 10.1. The summed E-state index contributed by atoms with van der Waals surface area (Å²) in [5, 5.41) is 12.5. The minimum atomic E-state index is 0.533. The molecule has 1 aliphatic heterocycles. The summed E-state index contributed by atoms with van der Waals surface area (Å²) in [6.45, 7) is 2.80. The molecule has 0 aromatic carbocycles. The lowest BCUT2D eigenvalue weighted by Gasteiger charge is -2.44. The summed E-state index contributed by atoms with van der Waals surface area (Å²) in [7, 11) is 2.12. The fourth-order valence-corrected chi connectivity index (χ4v) is 3.09. The maximum absolute atomic E-state index is 5.16. The van der Waals surface area contributed by atoms with Crippen molar-refractivity contribution in [1.82, 2.24) is 20.3 Å². The molecule has 1 fully saturated rings. The van der Waals surface area contributed by atoms with Gasteiger partial charge in [0.05, 0.1) is 18.4 Å². The van der Waals surface area contributed by atoms with Crippen molar-refractivity contribution in [3.63, 3.8) is 0 Å². The molecule has 1 saturated heterocycles. The van der Waals surface area contributed by atoms with Crippen LogP contribution in [0.5, 0.6) is 0 Å². The highest BCUT2D eigenvalue weighted by atomic mass is 16.5. The van der Waals surface area contributed by atoms with E-state index in [9.17, 15) is 0 Å². The fourth-order valence-electron chi connectivity index (χ4n) is 3.09. The standard InChI is InChI=1S/C15H19N5O/c1-19(10-13-5-6-16-21-13)12-8-20(9-12)15-7-11-3-2-4-14(11)17-18-15/h5-7,12H,2-4,8-10H2,1H3. The maximum atomic E-state index is 5.16. The Hall–Kier alpha value is -1.95. The number of anilines is 1. The minimum Gasteiger partial charge on any atom is -0.360 e. The quantitative estimate of drug-likeness (QED) is 0.843. The first kappa shape index (κ1) is 12.8. The molecule has 0 unspecified atom stereocenters. The van der Waals surface area contributed by atoms with Gasteiger partial charge >= 0.3 is 0 Å². The highest BCUT2D eigenvalue weighted by Crippen LogP contribution is 2.26. The Morgan fingerprint density at radius 2 is 2.24 bits per heavy atom. The van der Waals surface area contributed by atoms with Gasteiger partial charge in [-0.2, -0.15) is 5.10 Å². The van der Waals surface area contributed by atoms with Gasteiger partial charge in [0.25, 0.3) is 0 Å². The van der Waals surface area contributed by atoms with Crippen LogP contribution in [0.1, 0.15) is 23.4 Å². The minimum absolute atomic E-state index is 0.533. The molecule has 110 valence electrons. The number of fused-ring (bicyclic) bond motifs is 1. The zero-order valence-electron chi connectivity index (χ0n) is 12.2. The summed E-state index contributed by atoms with van der Waals surface area (Å²) < 4.78 is 5.16. The van der Waals surface area contributed by atoms with Crippen molar-refractivity contribution in [3.05, 3.63) is 35.3 Å². The van der Waals surface area contributed by atoms with Gasteiger partial charge in [0.15, 0.2) is 11.6 Å². The van der Waals surface area contributed by atoms with Crippen LogP contribution >= 0.6 is 0 Å². The van der Waals surface area contributed by atoms with Gasteiger partial charge < -0.3 is 9.42 Å². The average Bonchev–Trinajstić information content (AvgIpc) is 3.07. The molecular formula is C15H19N5O. The molecule has 2 aliphatic rings. The molecule has 0 saturated carbocycles. The summed E-state index contributed by atoms with van der Waals surface area (Å²) in [5.74, 6) is 1.94. The lowest BCUT2D eigenvalue weighted by Crippen LogP contribution is -2.58. The molecule has 0 amide bonds. The first-order chi connectivity index (χ1) is 10.3. The Labute approximate surface area is 123 Å². The van der Waals surface area contributed by atoms with Gasteiger partial charge in [-0.15, -0.1) is 5.10 Å². The Balaban J connectivity index is 1.36. The number of aromatic nitrogens is 3. The van der Waals surface area contributed by atoms with E-state index in [0.717, 1.165) is 44.1 Å². The molecule has 0 N–H and O–H groups in total.